The van der Waals surface area contributed by atoms with Crippen LogP contribution in [0.3, 0.4) is 0 Å². The molecule has 154 valence electrons. The van der Waals surface area contributed by atoms with Gasteiger partial charge in [0.15, 0.2) is 21.4 Å². The molecule has 2 aromatic rings. The first-order valence-corrected chi connectivity index (χ1v) is 10.6. The summed E-state index contributed by atoms with van der Waals surface area (Å²) in [5, 5.41) is 3.38. The molecule has 3 rings (SSSR count). The van der Waals surface area contributed by atoms with Crippen molar-refractivity contribution in [3.63, 3.8) is 0 Å². The van der Waals surface area contributed by atoms with E-state index in [9.17, 15) is 22.4 Å². The fraction of sp³-hybridized carbons (Fsp3) is 0.300. The SMILES string of the molecule is COc1ccc(S(=O)(=O)/C=C/CNC(=O)c2cc3c([nH]c2=O)CCCC3)cc1F. The first-order chi connectivity index (χ1) is 13.8. The van der Waals surface area contributed by atoms with Gasteiger partial charge in [-0.3, -0.25) is 9.59 Å². The number of ether oxygens (including phenoxy) is 1. The minimum Gasteiger partial charge on any atom is -0.494 e. The summed E-state index contributed by atoms with van der Waals surface area (Å²) in [7, 11) is -2.61. The smallest absolute Gasteiger partial charge is 0.261 e. The highest BCUT2D eigenvalue weighted by Crippen LogP contribution is 2.22. The summed E-state index contributed by atoms with van der Waals surface area (Å²) in [6, 6.07) is 4.92. The van der Waals surface area contributed by atoms with Gasteiger partial charge in [0.05, 0.1) is 12.0 Å². The van der Waals surface area contributed by atoms with Crippen LogP contribution in [0.5, 0.6) is 5.75 Å². The monoisotopic (exact) mass is 420 g/mol. The Balaban J connectivity index is 1.66. The Kier molecular flexibility index (Phi) is 6.17. The average Bonchev–Trinajstić information content (AvgIpc) is 2.70. The Morgan fingerprint density at radius 1 is 1.28 bits per heavy atom. The molecule has 0 bridgehead atoms. The average molecular weight is 420 g/mol. The minimum atomic E-state index is -3.89. The van der Waals surface area contributed by atoms with E-state index in [1.807, 2.05) is 0 Å². The normalized spacial score (nSPS) is 13.9. The van der Waals surface area contributed by atoms with Crippen molar-refractivity contribution in [3.8, 4) is 5.75 Å². The number of aromatic amines is 1. The molecule has 0 radical (unpaired) electrons. The van der Waals surface area contributed by atoms with Crippen molar-refractivity contribution in [2.45, 2.75) is 30.6 Å². The lowest BCUT2D eigenvalue weighted by Crippen LogP contribution is -2.31. The summed E-state index contributed by atoms with van der Waals surface area (Å²) in [4.78, 5) is 26.9. The van der Waals surface area contributed by atoms with E-state index in [1.165, 1.54) is 25.3 Å². The molecule has 1 aromatic heterocycles. The van der Waals surface area contributed by atoms with Crippen LogP contribution in [-0.4, -0.2) is 33.0 Å². The van der Waals surface area contributed by atoms with Crippen molar-refractivity contribution >= 4 is 15.7 Å². The van der Waals surface area contributed by atoms with Gasteiger partial charge in [0, 0.05) is 17.6 Å². The molecule has 1 amide bonds. The summed E-state index contributed by atoms with van der Waals surface area (Å²) in [6.07, 6.45) is 4.84. The van der Waals surface area contributed by atoms with Crippen LogP contribution in [0.4, 0.5) is 4.39 Å². The third kappa shape index (κ3) is 4.73. The Morgan fingerprint density at radius 3 is 2.76 bits per heavy atom. The minimum absolute atomic E-state index is 0.000803. The maximum absolute atomic E-state index is 13.7. The Hall–Kier alpha value is -2.94. The highest BCUT2D eigenvalue weighted by molar-refractivity contribution is 7.94. The van der Waals surface area contributed by atoms with Crippen molar-refractivity contribution in [1.29, 1.82) is 0 Å². The lowest BCUT2D eigenvalue weighted by atomic mass is 9.95. The number of hydrogen-bond acceptors (Lipinski definition) is 5. The molecule has 0 fully saturated rings. The van der Waals surface area contributed by atoms with Crippen LogP contribution in [0, 0.1) is 5.82 Å². The third-order valence-corrected chi connectivity index (χ3v) is 6.15. The molecule has 29 heavy (non-hydrogen) atoms. The van der Waals surface area contributed by atoms with E-state index in [1.54, 1.807) is 6.07 Å². The number of halogens is 1. The number of rotatable bonds is 6. The van der Waals surface area contributed by atoms with Crippen molar-refractivity contribution in [1.82, 2.24) is 10.3 Å². The number of fused-ring (bicyclic) bond motifs is 1. The first-order valence-electron chi connectivity index (χ1n) is 9.10. The molecular formula is C20H21FN2O5S. The van der Waals surface area contributed by atoms with Gasteiger partial charge in [-0.05, 0) is 55.5 Å². The molecule has 0 aliphatic heterocycles. The Morgan fingerprint density at radius 2 is 2.03 bits per heavy atom. The van der Waals surface area contributed by atoms with Crippen LogP contribution in [0.2, 0.25) is 0 Å². The quantitative estimate of drug-likeness (QED) is 0.745. The van der Waals surface area contributed by atoms with Gasteiger partial charge < -0.3 is 15.0 Å². The second kappa shape index (κ2) is 8.60. The molecule has 0 atom stereocenters. The maximum atomic E-state index is 13.7. The number of hydrogen-bond donors (Lipinski definition) is 2. The number of H-pyrrole nitrogens is 1. The summed E-state index contributed by atoms with van der Waals surface area (Å²) >= 11 is 0. The van der Waals surface area contributed by atoms with Gasteiger partial charge in [-0.25, -0.2) is 12.8 Å². The standard InChI is InChI=1S/C20H21FN2O5S/c1-28-18-8-7-14(12-16(18)21)29(26,27)10-4-9-22-19(24)15-11-13-5-2-3-6-17(13)23-20(15)25/h4,7-8,10-12H,2-3,5-6,9H2,1H3,(H,22,24)(H,23,25)/b10-4+. The highest BCUT2D eigenvalue weighted by Gasteiger charge is 2.17. The van der Waals surface area contributed by atoms with Gasteiger partial charge in [-0.15, -0.1) is 0 Å². The number of nitrogens with one attached hydrogen (secondary N) is 2. The molecular weight excluding hydrogens is 399 g/mol. The van der Waals surface area contributed by atoms with E-state index < -0.39 is 27.1 Å². The largest absolute Gasteiger partial charge is 0.494 e. The van der Waals surface area contributed by atoms with E-state index in [-0.39, 0.29) is 22.8 Å². The topological polar surface area (TPSA) is 105 Å². The third-order valence-electron chi connectivity index (χ3n) is 4.69. The van der Waals surface area contributed by atoms with Gasteiger partial charge in [-0.2, -0.15) is 0 Å². The van der Waals surface area contributed by atoms with Crippen LogP contribution in [0.25, 0.3) is 0 Å². The van der Waals surface area contributed by atoms with E-state index in [0.717, 1.165) is 48.4 Å². The van der Waals surface area contributed by atoms with Crippen LogP contribution >= 0.6 is 0 Å². The van der Waals surface area contributed by atoms with Crippen LogP contribution < -0.4 is 15.6 Å². The molecule has 0 saturated carbocycles. The predicted molar refractivity (Wildman–Crippen MR) is 105 cm³/mol. The van der Waals surface area contributed by atoms with Gasteiger partial charge >= 0.3 is 0 Å². The molecule has 7 nitrogen and oxygen atoms in total. The molecule has 0 unspecified atom stereocenters. The number of benzene rings is 1. The first kappa shape index (κ1) is 20.8. The van der Waals surface area contributed by atoms with Gasteiger partial charge in [0.25, 0.3) is 11.5 Å². The number of amides is 1. The zero-order valence-corrected chi connectivity index (χ0v) is 16.6. The number of aryl methyl sites for hydroxylation is 2. The van der Waals surface area contributed by atoms with Crippen molar-refractivity contribution in [2.75, 3.05) is 13.7 Å². The fourth-order valence-corrected chi connectivity index (χ4v) is 4.20. The molecule has 0 saturated heterocycles. The molecule has 1 aliphatic carbocycles. The van der Waals surface area contributed by atoms with Gasteiger partial charge in [0.1, 0.15) is 5.56 Å². The summed E-state index contributed by atoms with van der Waals surface area (Å²) < 4.78 is 43.0. The number of methoxy groups -OCH3 is 1. The number of aromatic nitrogens is 1. The van der Waals surface area contributed by atoms with Crippen LogP contribution in [-0.2, 0) is 22.7 Å². The molecule has 1 aromatic carbocycles. The molecule has 9 heteroatoms. The van der Waals surface area contributed by atoms with Crippen molar-refractivity contribution in [2.24, 2.45) is 0 Å². The zero-order valence-electron chi connectivity index (χ0n) is 15.8. The second-order valence-corrected chi connectivity index (χ2v) is 8.48. The molecule has 2 N–H and O–H groups in total. The fourth-order valence-electron chi connectivity index (χ4n) is 3.17. The van der Waals surface area contributed by atoms with Crippen molar-refractivity contribution in [3.05, 3.63) is 68.7 Å². The summed E-state index contributed by atoms with van der Waals surface area (Å²) in [5.41, 5.74) is 1.36. The molecule has 0 spiro atoms. The van der Waals surface area contributed by atoms with E-state index >= 15 is 0 Å². The highest BCUT2D eigenvalue weighted by atomic mass is 32.2. The van der Waals surface area contributed by atoms with E-state index in [0.29, 0.717) is 0 Å². The van der Waals surface area contributed by atoms with Crippen LogP contribution in [0.15, 0.2) is 45.4 Å². The maximum Gasteiger partial charge on any atom is 0.261 e. The lowest BCUT2D eigenvalue weighted by molar-refractivity contribution is 0.0956. The van der Waals surface area contributed by atoms with Gasteiger partial charge in [0.2, 0.25) is 0 Å². The van der Waals surface area contributed by atoms with Gasteiger partial charge in [-0.1, -0.05) is 6.08 Å². The molecule has 1 aliphatic rings. The van der Waals surface area contributed by atoms with E-state index in [4.69, 9.17) is 4.74 Å². The Bertz CT molecular complexity index is 1120. The second-order valence-electron chi connectivity index (χ2n) is 6.65. The summed E-state index contributed by atoms with van der Waals surface area (Å²) in [6.45, 7) is -0.104. The molecule has 1 heterocycles. The lowest BCUT2D eigenvalue weighted by Gasteiger charge is -2.15. The summed E-state index contributed by atoms with van der Waals surface area (Å²) in [5.74, 6) is -1.44. The number of carbonyl (C=O) groups excluding carboxylic acids is 1. The Labute approximate surface area is 167 Å². The zero-order chi connectivity index (χ0) is 21.0. The number of pyridine rings is 1. The van der Waals surface area contributed by atoms with Crippen LogP contribution in [0.1, 0.15) is 34.5 Å². The predicted octanol–water partition coefficient (Wildman–Crippen LogP) is 2.12. The van der Waals surface area contributed by atoms with Crippen molar-refractivity contribution < 1.29 is 22.3 Å². The van der Waals surface area contributed by atoms with E-state index in [2.05, 4.69) is 10.3 Å². The number of sulfone groups is 1. The number of carbonyl (C=O) groups is 1.